The highest BCUT2D eigenvalue weighted by molar-refractivity contribution is 6.32. The largest absolute Gasteiger partial charge is 0.506 e. The molecule has 39 heavy (non-hydrogen) atoms. The van der Waals surface area contributed by atoms with Crippen LogP contribution in [0, 0.1) is 30.6 Å². The van der Waals surface area contributed by atoms with Crippen LogP contribution in [0.5, 0.6) is 5.75 Å². The summed E-state index contributed by atoms with van der Waals surface area (Å²) in [5.41, 5.74) is 3.96. The maximum absolute atomic E-state index is 14.0. The van der Waals surface area contributed by atoms with Crippen LogP contribution < -0.4 is 10.6 Å². The third-order valence-corrected chi connectivity index (χ3v) is 8.53. The van der Waals surface area contributed by atoms with Crippen molar-refractivity contribution in [1.82, 2.24) is 4.90 Å². The smallest absolute Gasteiger partial charge is 0.235 e. The lowest BCUT2D eigenvalue weighted by atomic mass is 9.52. The zero-order chi connectivity index (χ0) is 28.7. The number of Topliss-reactive ketones (excluding diaryl/α,β-unsaturated/α-hetero) is 4. The second-order valence-corrected chi connectivity index (χ2v) is 11.2. The average molecular weight is 538 g/mol. The predicted molar refractivity (Wildman–Crippen MR) is 138 cm³/mol. The zero-order valence-corrected chi connectivity index (χ0v) is 22.3. The lowest BCUT2D eigenvalue weighted by Crippen LogP contribution is -2.74. The van der Waals surface area contributed by atoms with Crippen molar-refractivity contribution in [2.24, 2.45) is 29.4 Å². The molecule has 6 unspecified atom stereocenters. The maximum Gasteiger partial charge on any atom is 0.235 e. The Morgan fingerprint density at radius 2 is 1.77 bits per heavy atom. The summed E-state index contributed by atoms with van der Waals surface area (Å²) in [6, 6.07) is 3.95. The molecule has 1 amide bonds. The van der Waals surface area contributed by atoms with Gasteiger partial charge in [-0.05, 0) is 63.5 Å². The fraction of sp³-hybridized carbons (Fsp3) is 0.464. The Hall–Kier alpha value is -3.83. The molecule has 0 saturated heterocycles. The summed E-state index contributed by atoms with van der Waals surface area (Å²) in [6.45, 7) is 1.74. The molecule has 2 fully saturated rings. The average Bonchev–Trinajstić information content (AvgIpc) is 3.26. The van der Waals surface area contributed by atoms with Crippen LogP contribution in [-0.4, -0.2) is 84.0 Å². The number of amides is 1. The topological polar surface area (TPSA) is 171 Å². The van der Waals surface area contributed by atoms with Gasteiger partial charge in [0.15, 0.2) is 34.7 Å². The van der Waals surface area contributed by atoms with Crippen molar-refractivity contribution < 1.29 is 38.6 Å². The van der Waals surface area contributed by atoms with Crippen LogP contribution in [0.2, 0.25) is 0 Å². The zero-order valence-electron chi connectivity index (χ0n) is 22.3. The van der Waals surface area contributed by atoms with Gasteiger partial charge in [-0.3, -0.25) is 28.9 Å². The van der Waals surface area contributed by atoms with Gasteiger partial charge in [0.2, 0.25) is 5.91 Å². The molecule has 2 aromatic rings. The van der Waals surface area contributed by atoms with E-state index in [1.165, 1.54) is 4.90 Å². The Kier molecular flexibility index (Phi) is 6.07. The van der Waals surface area contributed by atoms with Crippen LogP contribution >= 0.6 is 0 Å². The van der Waals surface area contributed by atoms with Crippen LogP contribution in [0.15, 0.2) is 22.6 Å². The number of carbonyl (C=O) groups is 5. The first-order valence-electron chi connectivity index (χ1n) is 12.7. The van der Waals surface area contributed by atoms with Crippen LogP contribution in [0.3, 0.4) is 0 Å². The second kappa shape index (κ2) is 8.85. The molecule has 2 saturated carbocycles. The van der Waals surface area contributed by atoms with Crippen molar-refractivity contribution in [3.8, 4) is 17.1 Å². The summed E-state index contributed by atoms with van der Waals surface area (Å²) in [5, 5.41) is 23.0. The number of phenolic OH excluding ortho intramolecular Hbond substituents is 1. The summed E-state index contributed by atoms with van der Waals surface area (Å²) < 4.78 is 5.70. The standard InChI is InChI=1S/C28H31N3O8/c1-11-6-7-17(39-11)14-10-16(30(2)3)13-8-12-9-15-21(31(4)5)24(34)20(27(29)37)26(36)28(15,38)25(35)18(12)23(33)19(13)22(14)32/h6-7,10,12,15,18,20-21,32,38H,8-9H2,1-5H3,(H2,29,37). The van der Waals surface area contributed by atoms with E-state index >= 15 is 0 Å². The van der Waals surface area contributed by atoms with Gasteiger partial charge in [0.05, 0.1) is 23.1 Å². The van der Waals surface area contributed by atoms with Crippen LogP contribution in [0.1, 0.15) is 28.1 Å². The first-order chi connectivity index (χ1) is 18.2. The number of primary amides is 1. The van der Waals surface area contributed by atoms with E-state index in [0.29, 0.717) is 22.8 Å². The first-order valence-corrected chi connectivity index (χ1v) is 12.7. The third kappa shape index (κ3) is 3.60. The lowest BCUT2D eigenvalue weighted by Gasteiger charge is -2.52. The molecule has 0 bridgehead atoms. The molecule has 206 valence electrons. The quantitative estimate of drug-likeness (QED) is 0.467. The summed E-state index contributed by atoms with van der Waals surface area (Å²) in [5.74, 6) is -9.83. The van der Waals surface area contributed by atoms with Crippen LogP contribution in [0.25, 0.3) is 11.3 Å². The predicted octanol–water partition coefficient (Wildman–Crippen LogP) is 0.501. The third-order valence-electron chi connectivity index (χ3n) is 8.53. The molecule has 1 aromatic heterocycles. The number of aryl methyl sites for hydroxylation is 1. The number of hydrogen-bond donors (Lipinski definition) is 3. The number of anilines is 1. The molecule has 1 heterocycles. The Balaban J connectivity index is 1.69. The van der Waals surface area contributed by atoms with Gasteiger partial charge in [0.25, 0.3) is 0 Å². The first kappa shape index (κ1) is 26.8. The number of aliphatic hydroxyl groups is 1. The van der Waals surface area contributed by atoms with Gasteiger partial charge >= 0.3 is 0 Å². The van der Waals surface area contributed by atoms with Gasteiger partial charge in [0.1, 0.15) is 17.3 Å². The second-order valence-electron chi connectivity index (χ2n) is 11.2. The number of ketones is 4. The molecule has 6 atom stereocenters. The van der Waals surface area contributed by atoms with Gasteiger partial charge in [-0.2, -0.15) is 0 Å². The Morgan fingerprint density at radius 3 is 2.31 bits per heavy atom. The summed E-state index contributed by atoms with van der Waals surface area (Å²) in [6.07, 6.45) is 0.182. The summed E-state index contributed by atoms with van der Waals surface area (Å²) in [7, 11) is 6.68. The highest BCUT2D eigenvalue weighted by Crippen LogP contribution is 2.53. The molecule has 0 spiro atoms. The number of nitrogens with two attached hydrogens (primary N) is 1. The van der Waals surface area contributed by atoms with E-state index < -0.39 is 64.4 Å². The lowest BCUT2D eigenvalue weighted by molar-refractivity contribution is -0.181. The molecule has 3 aliphatic carbocycles. The Labute approximate surface area is 224 Å². The minimum absolute atomic E-state index is 0.00332. The highest BCUT2D eigenvalue weighted by atomic mass is 16.3. The van der Waals surface area contributed by atoms with E-state index in [2.05, 4.69) is 0 Å². The van der Waals surface area contributed by atoms with E-state index in [0.717, 1.165) is 0 Å². The molecular weight excluding hydrogens is 506 g/mol. The molecule has 0 aliphatic heterocycles. The minimum atomic E-state index is -2.76. The van der Waals surface area contributed by atoms with Crippen molar-refractivity contribution in [3.63, 3.8) is 0 Å². The van der Waals surface area contributed by atoms with E-state index in [4.69, 9.17) is 10.2 Å². The SMILES string of the molecule is Cc1ccc(-c2cc(N(C)C)c3c(c2O)C(=O)C2C(=O)C4(O)C(=O)C(C(N)=O)C(=O)C(N(C)C)C4CC2C3)o1. The normalized spacial score (nSPS) is 30.2. The van der Waals surface area contributed by atoms with E-state index in [1.807, 2.05) is 0 Å². The summed E-state index contributed by atoms with van der Waals surface area (Å²) >= 11 is 0. The summed E-state index contributed by atoms with van der Waals surface area (Å²) in [4.78, 5) is 70.0. The number of nitrogens with zero attached hydrogens (tertiary/aromatic N) is 2. The van der Waals surface area contributed by atoms with Crippen LogP contribution in [0.4, 0.5) is 5.69 Å². The number of aromatic hydroxyl groups is 1. The molecule has 5 rings (SSSR count). The maximum atomic E-state index is 14.0. The minimum Gasteiger partial charge on any atom is -0.506 e. The van der Waals surface area contributed by atoms with Crippen molar-refractivity contribution in [2.75, 3.05) is 33.1 Å². The van der Waals surface area contributed by atoms with Crippen molar-refractivity contribution in [3.05, 3.63) is 35.1 Å². The van der Waals surface area contributed by atoms with Gasteiger partial charge < -0.3 is 25.3 Å². The molecule has 0 radical (unpaired) electrons. The number of benzene rings is 1. The molecule has 11 heteroatoms. The molecule has 3 aliphatic rings. The number of furan rings is 1. The number of likely N-dealkylation sites (N-methyl/N-ethyl adjacent to an activating group) is 1. The monoisotopic (exact) mass is 537 g/mol. The molecular formula is C28H31N3O8. The number of phenols is 1. The number of fused-ring (bicyclic) bond motifs is 3. The van der Waals surface area contributed by atoms with Gasteiger partial charge in [-0.1, -0.05) is 0 Å². The Bertz CT molecular complexity index is 1460. The molecule has 1 aromatic carbocycles. The van der Waals surface area contributed by atoms with Crippen molar-refractivity contribution >= 4 is 34.7 Å². The van der Waals surface area contributed by atoms with Gasteiger partial charge in [-0.15, -0.1) is 0 Å². The highest BCUT2D eigenvalue weighted by Gasteiger charge is 2.69. The van der Waals surface area contributed by atoms with E-state index in [1.54, 1.807) is 58.2 Å². The van der Waals surface area contributed by atoms with Crippen molar-refractivity contribution in [1.29, 1.82) is 0 Å². The molecule has 4 N–H and O–H groups in total. The fourth-order valence-corrected chi connectivity index (χ4v) is 6.82. The van der Waals surface area contributed by atoms with Crippen LogP contribution in [-0.2, 0) is 25.6 Å². The fourth-order valence-electron chi connectivity index (χ4n) is 6.82. The van der Waals surface area contributed by atoms with Gasteiger partial charge in [-0.25, -0.2) is 0 Å². The number of rotatable bonds is 4. The molecule has 11 nitrogen and oxygen atoms in total. The number of carbonyl (C=O) groups excluding carboxylic acids is 5. The van der Waals surface area contributed by atoms with E-state index in [-0.39, 0.29) is 29.7 Å². The van der Waals surface area contributed by atoms with E-state index in [9.17, 15) is 34.2 Å². The van der Waals surface area contributed by atoms with Crippen molar-refractivity contribution in [2.45, 2.75) is 31.4 Å². The Morgan fingerprint density at radius 1 is 1.10 bits per heavy atom. The van der Waals surface area contributed by atoms with Gasteiger partial charge in [0, 0.05) is 25.7 Å². The number of hydrogen-bond acceptors (Lipinski definition) is 10.